The minimum atomic E-state index is 0.0668. The Morgan fingerprint density at radius 1 is 1.22 bits per heavy atom. The van der Waals surface area contributed by atoms with Gasteiger partial charge in [-0.05, 0) is 49.8 Å². The fourth-order valence-electron chi connectivity index (χ4n) is 4.29. The maximum absolute atomic E-state index is 13.4. The number of H-pyrrole nitrogens is 1. The average Bonchev–Trinajstić information content (AvgIpc) is 3.24. The van der Waals surface area contributed by atoms with Crippen LogP contribution in [0.25, 0.3) is 0 Å². The van der Waals surface area contributed by atoms with Gasteiger partial charge in [0.1, 0.15) is 0 Å². The van der Waals surface area contributed by atoms with E-state index in [0.717, 1.165) is 40.9 Å². The number of rotatable bonds is 7. The molecule has 1 atom stereocenters. The molecular weight excluding hydrogens is 466 g/mol. The summed E-state index contributed by atoms with van der Waals surface area (Å²) in [6.45, 7) is 2.80. The highest BCUT2D eigenvalue weighted by Crippen LogP contribution is 2.32. The van der Waals surface area contributed by atoms with Crippen LogP contribution in [0.1, 0.15) is 23.2 Å². The van der Waals surface area contributed by atoms with Crippen molar-refractivity contribution in [2.45, 2.75) is 32.0 Å². The van der Waals surface area contributed by atoms with Gasteiger partial charge in [-0.1, -0.05) is 46.3 Å². The van der Waals surface area contributed by atoms with Gasteiger partial charge in [-0.15, -0.1) is 0 Å². The molecule has 1 N–H and O–H groups in total. The Morgan fingerprint density at radius 3 is 2.75 bits per heavy atom. The molecule has 1 aliphatic rings. The number of nitrogens with zero attached hydrogens (tertiary/aromatic N) is 4. The number of carbonyl (C=O) groups is 1. The Hall–Kier alpha value is -2.64. The van der Waals surface area contributed by atoms with Gasteiger partial charge in [0.2, 0.25) is 5.91 Å². The van der Waals surface area contributed by atoms with E-state index in [-0.39, 0.29) is 11.9 Å². The van der Waals surface area contributed by atoms with Crippen LogP contribution in [0.3, 0.4) is 0 Å². The Bertz CT molecular complexity index is 1020. The van der Waals surface area contributed by atoms with E-state index in [2.05, 4.69) is 83.1 Å². The molecule has 0 bridgehead atoms. The van der Waals surface area contributed by atoms with E-state index >= 15 is 0 Å². The molecule has 4 rings (SSSR count). The molecule has 0 radical (unpaired) electrons. The molecule has 3 aromatic rings. The maximum atomic E-state index is 13.4. The smallest absolute Gasteiger partial charge is 0.224 e. The van der Waals surface area contributed by atoms with E-state index in [1.54, 1.807) is 6.33 Å². The van der Waals surface area contributed by atoms with Crippen LogP contribution in [0.2, 0.25) is 0 Å². The molecule has 2 heterocycles. The van der Waals surface area contributed by atoms with Crippen molar-refractivity contribution in [2.24, 2.45) is 0 Å². The first-order chi connectivity index (χ1) is 15.5. The van der Waals surface area contributed by atoms with Gasteiger partial charge in [0, 0.05) is 42.4 Å². The van der Waals surface area contributed by atoms with Crippen molar-refractivity contribution < 1.29 is 4.79 Å². The molecule has 0 aliphatic carbocycles. The van der Waals surface area contributed by atoms with Crippen molar-refractivity contribution in [1.82, 2.24) is 19.8 Å². The lowest BCUT2D eigenvalue weighted by Gasteiger charge is -2.33. The summed E-state index contributed by atoms with van der Waals surface area (Å²) in [6.07, 6.45) is 4.99. The summed E-state index contributed by atoms with van der Waals surface area (Å²) in [7, 11) is 4.02. The molecule has 2 aromatic carbocycles. The Balaban J connectivity index is 1.69. The molecule has 0 saturated heterocycles. The maximum Gasteiger partial charge on any atom is 0.224 e. The van der Waals surface area contributed by atoms with E-state index in [9.17, 15) is 4.79 Å². The van der Waals surface area contributed by atoms with Crippen molar-refractivity contribution in [1.29, 1.82) is 0 Å². The minimum Gasteiger partial charge on any atom is -0.363 e. The van der Waals surface area contributed by atoms with Crippen LogP contribution in [0.15, 0.2) is 65.5 Å². The number of hydrogen-bond donors (Lipinski definition) is 1. The summed E-state index contributed by atoms with van der Waals surface area (Å²) in [5.41, 5.74) is 4.56. The monoisotopic (exact) mass is 495 g/mol. The molecule has 0 spiro atoms. The second kappa shape index (κ2) is 10.3. The summed E-state index contributed by atoms with van der Waals surface area (Å²) >= 11 is 3.63. The number of aromatic amines is 1. The number of nitrogens with one attached hydrogen (secondary N) is 1. The standard InChI is InChI=1S/C25H30BrN5O/c1-29(2)11-10-25(32)31-15-20-13-21(26)8-9-24(20)30(16-22-14-27-18-28-22)17-23(31)12-19-6-4-3-5-7-19/h3-9,13-14,18,23H,10-12,15-17H2,1-2H3,(H,27,28). The molecule has 0 fully saturated rings. The number of halogens is 1. The lowest BCUT2D eigenvalue weighted by atomic mass is 10.0. The van der Waals surface area contributed by atoms with Crippen molar-refractivity contribution in [3.63, 3.8) is 0 Å². The zero-order valence-electron chi connectivity index (χ0n) is 18.7. The Morgan fingerprint density at radius 2 is 2.03 bits per heavy atom. The van der Waals surface area contributed by atoms with Gasteiger partial charge in [-0.3, -0.25) is 4.79 Å². The van der Waals surface area contributed by atoms with Gasteiger partial charge < -0.3 is 19.7 Å². The van der Waals surface area contributed by atoms with Crippen molar-refractivity contribution in [3.05, 3.63) is 82.3 Å². The zero-order valence-corrected chi connectivity index (χ0v) is 20.3. The molecule has 6 nitrogen and oxygen atoms in total. The van der Waals surface area contributed by atoms with E-state index in [0.29, 0.717) is 19.5 Å². The third-order valence-corrected chi connectivity index (χ3v) is 6.40. The number of hydrogen-bond acceptors (Lipinski definition) is 4. The number of fused-ring (bicyclic) bond motifs is 1. The number of benzene rings is 2. The first kappa shape index (κ1) is 22.6. The molecule has 1 aromatic heterocycles. The Labute approximate surface area is 198 Å². The first-order valence-corrected chi connectivity index (χ1v) is 11.8. The predicted molar refractivity (Wildman–Crippen MR) is 131 cm³/mol. The van der Waals surface area contributed by atoms with Crippen molar-refractivity contribution in [3.8, 4) is 0 Å². The van der Waals surface area contributed by atoms with Crippen molar-refractivity contribution >= 4 is 27.5 Å². The van der Waals surface area contributed by atoms with Crippen molar-refractivity contribution in [2.75, 3.05) is 32.1 Å². The molecule has 1 unspecified atom stereocenters. The molecule has 7 heteroatoms. The van der Waals surface area contributed by atoms with E-state index < -0.39 is 0 Å². The third kappa shape index (κ3) is 5.58. The van der Waals surface area contributed by atoms with Crippen LogP contribution in [-0.4, -0.2) is 58.9 Å². The quantitative estimate of drug-likeness (QED) is 0.536. The van der Waals surface area contributed by atoms with Crippen LogP contribution < -0.4 is 4.90 Å². The number of anilines is 1. The largest absolute Gasteiger partial charge is 0.363 e. The second-order valence-electron chi connectivity index (χ2n) is 8.63. The van der Waals surface area contributed by atoms with Crippen LogP contribution >= 0.6 is 15.9 Å². The van der Waals surface area contributed by atoms with E-state index in [1.165, 1.54) is 5.56 Å². The molecule has 1 amide bonds. The molecule has 32 heavy (non-hydrogen) atoms. The summed E-state index contributed by atoms with van der Waals surface area (Å²) in [5, 5.41) is 0. The number of imidazole rings is 1. The summed E-state index contributed by atoms with van der Waals surface area (Å²) in [5.74, 6) is 0.201. The molecule has 1 aliphatic heterocycles. The molecule has 168 valence electrons. The van der Waals surface area contributed by atoms with Gasteiger partial charge in [-0.2, -0.15) is 0 Å². The second-order valence-corrected chi connectivity index (χ2v) is 9.55. The van der Waals surface area contributed by atoms with Gasteiger partial charge in [-0.25, -0.2) is 4.98 Å². The van der Waals surface area contributed by atoms with E-state index in [4.69, 9.17) is 0 Å². The highest BCUT2D eigenvalue weighted by atomic mass is 79.9. The lowest BCUT2D eigenvalue weighted by molar-refractivity contribution is -0.134. The Kier molecular flexibility index (Phi) is 7.27. The van der Waals surface area contributed by atoms with Crippen LogP contribution in [-0.2, 0) is 24.3 Å². The van der Waals surface area contributed by atoms with E-state index in [1.807, 2.05) is 26.4 Å². The number of aromatic nitrogens is 2. The fraction of sp³-hybridized carbons (Fsp3) is 0.360. The fourth-order valence-corrected chi connectivity index (χ4v) is 4.70. The number of amides is 1. The van der Waals surface area contributed by atoms with Crippen LogP contribution in [0.5, 0.6) is 0 Å². The minimum absolute atomic E-state index is 0.0668. The highest BCUT2D eigenvalue weighted by Gasteiger charge is 2.31. The zero-order chi connectivity index (χ0) is 22.5. The first-order valence-electron chi connectivity index (χ1n) is 11.0. The summed E-state index contributed by atoms with van der Waals surface area (Å²) in [6, 6.07) is 16.9. The highest BCUT2D eigenvalue weighted by molar-refractivity contribution is 9.10. The lowest BCUT2D eigenvalue weighted by Crippen LogP contribution is -2.46. The third-order valence-electron chi connectivity index (χ3n) is 5.91. The van der Waals surface area contributed by atoms with Gasteiger partial charge in [0.05, 0.1) is 24.6 Å². The SMILES string of the molecule is CN(C)CCC(=O)N1Cc2cc(Br)ccc2N(Cc2c[nH]cn2)CC1Cc1ccccc1. The number of carbonyl (C=O) groups excluding carboxylic acids is 1. The predicted octanol–water partition coefficient (Wildman–Crippen LogP) is 4.08. The normalized spacial score (nSPS) is 16.2. The summed E-state index contributed by atoms with van der Waals surface area (Å²) in [4.78, 5) is 27.5. The average molecular weight is 496 g/mol. The van der Waals surface area contributed by atoms with Crippen LogP contribution in [0.4, 0.5) is 5.69 Å². The van der Waals surface area contributed by atoms with Crippen LogP contribution in [0, 0.1) is 0 Å². The molecule has 0 saturated carbocycles. The molecular formula is C25H30BrN5O. The van der Waals surface area contributed by atoms with Gasteiger partial charge >= 0.3 is 0 Å². The topological polar surface area (TPSA) is 55.5 Å². The summed E-state index contributed by atoms with van der Waals surface area (Å²) < 4.78 is 1.03. The van der Waals surface area contributed by atoms with Gasteiger partial charge in [0.25, 0.3) is 0 Å². The van der Waals surface area contributed by atoms with Gasteiger partial charge in [0.15, 0.2) is 0 Å².